The van der Waals surface area contributed by atoms with Crippen LogP contribution in [0.15, 0.2) is 42.5 Å². The summed E-state index contributed by atoms with van der Waals surface area (Å²) in [6.45, 7) is 1.87. The number of non-ortho nitro benzene ring substituents is 1. The van der Waals surface area contributed by atoms with E-state index in [1.165, 1.54) is 6.07 Å². The summed E-state index contributed by atoms with van der Waals surface area (Å²) in [4.78, 5) is 20.0. The Morgan fingerprint density at radius 3 is 2.38 bits per heavy atom. The minimum absolute atomic E-state index is 0.115. The zero-order valence-electron chi connectivity index (χ0n) is 14.6. The van der Waals surface area contributed by atoms with Crippen LogP contribution < -0.4 is 5.32 Å². The van der Waals surface area contributed by atoms with E-state index in [0.29, 0.717) is 11.8 Å². The van der Waals surface area contributed by atoms with Crippen molar-refractivity contribution in [3.63, 3.8) is 0 Å². The zero-order chi connectivity index (χ0) is 21.3. The Labute approximate surface area is 165 Å². The van der Waals surface area contributed by atoms with Gasteiger partial charge in [-0.05, 0) is 24.5 Å². The Morgan fingerprint density at radius 2 is 1.79 bits per heavy atom. The smallest absolute Gasteiger partial charge is 0.340 e. The van der Waals surface area contributed by atoms with Crippen LogP contribution in [0.5, 0.6) is 0 Å². The molecule has 0 fully saturated rings. The van der Waals surface area contributed by atoms with E-state index in [1.807, 2.05) is 19.1 Å². The number of halogens is 3. The lowest BCUT2D eigenvalue weighted by Crippen LogP contribution is -2.11. The highest BCUT2D eigenvalue weighted by molar-refractivity contribution is 7.10. The summed E-state index contributed by atoms with van der Waals surface area (Å²) < 4.78 is 44.5. The highest BCUT2D eigenvalue weighted by Crippen LogP contribution is 2.44. The van der Waals surface area contributed by atoms with Gasteiger partial charge in [-0.25, -0.2) is 0 Å². The Kier molecular flexibility index (Phi) is 5.20. The summed E-state index contributed by atoms with van der Waals surface area (Å²) in [7, 11) is 0. The van der Waals surface area contributed by atoms with E-state index in [4.69, 9.17) is 0 Å². The highest BCUT2D eigenvalue weighted by Gasteiger charge is 2.39. The fraction of sp³-hybridized carbons (Fsp3) is 0.118. The van der Waals surface area contributed by atoms with Crippen LogP contribution in [-0.4, -0.2) is 14.2 Å². The van der Waals surface area contributed by atoms with E-state index >= 15 is 0 Å². The summed E-state index contributed by atoms with van der Waals surface area (Å²) in [5.74, 6) is 0. The van der Waals surface area contributed by atoms with Gasteiger partial charge in [0.2, 0.25) is 0 Å². The SMILES string of the molecule is Cc1cccc(-c2cc(Nc3c([N+](=O)[O-])cc([N+](=O)[O-])cc3C(F)(F)F)sn2)c1. The van der Waals surface area contributed by atoms with Crippen LogP contribution in [0, 0.1) is 27.2 Å². The molecule has 150 valence electrons. The Balaban J connectivity index is 2.09. The molecule has 0 saturated heterocycles. The van der Waals surface area contributed by atoms with E-state index in [2.05, 4.69) is 9.69 Å². The molecule has 1 N–H and O–H groups in total. The molecule has 8 nitrogen and oxygen atoms in total. The van der Waals surface area contributed by atoms with E-state index in [9.17, 15) is 33.4 Å². The molecule has 2 aromatic carbocycles. The second-order valence-electron chi connectivity index (χ2n) is 5.97. The molecule has 0 aliphatic rings. The van der Waals surface area contributed by atoms with Crippen LogP contribution in [0.3, 0.4) is 0 Å². The number of aryl methyl sites for hydroxylation is 1. The van der Waals surface area contributed by atoms with Gasteiger partial charge >= 0.3 is 6.18 Å². The van der Waals surface area contributed by atoms with E-state index in [1.54, 1.807) is 12.1 Å². The summed E-state index contributed by atoms with van der Waals surface area (Å²) in [5.41, 5.74) is -2.33. The maximum Gasteiger partial charge on any atom is 0.418 e. The third kappa shape index (κ3) is 4.32. The fourth-order valence-electron chi connectivity index (χ4n) is 2.61. The molecule has 0 saturated carbocycles. The van der Waals surface area contributed by atoms with Crippen molar-refractivity contribution in [3.05, 3.63) is 73.8 Å². The van der Waals surface area contributed by atoms with Crippen LogP contribution in [-0.2, 0) is 6.18 Å². The Hall–Kier alpha value is -3.54. The molecule has 0 aliphatic heterocycles. The van der Waals surface area contributed by atoms with Crippen LogP contribution in [0.1, 0.15) is 11.1 Å². The number of nitrogens with zero attached hydrogens (tertiary/aromatic N) is 3. The summed E-state index contributed by atoms with van der Waals surface area (Å²) >= 11 is 0.810. The zero-order valence-corrected chi connectivity index (χ0v) is 15.4. The molecular formula is C17H11F3N4O4S. The van der Waals surface area contributed by atoms with Crippen LogP contribution in [0.2, 0.25) is 0 Å². The van der Waals surface area contributed by atoms with Gasteiger partial charge in [0, 0.05) is 17.7 Å². The van der Waals surface area contributed by atoms with Crippen LogP contribution >= 0.6 is 11.5 Å². The number of benzene rings is 2. The van der Waals surface area contributed by atoms with Gasteiger partial charge < -0.3 is 5.32 Å². The van der Waals surface area contributed by atoms with E-state index in [-0.39, 0.29) is 11.1 Å². The van der Waals surface area contributed by atoms with Crippen LogP contribution in [0.4, 0.5) is 35.2 Å². The first-order chi connectivity index (χ1) is 13.6. The van der Waals surface area contributed by atoms with Crippen molar-refractivity contribution in [2.24, 2.45) is 0 Å². The van der Waals surface area contributed by atoms with Gasteiger partial charge in [-0.3, -0.25) is 20.2 Å². The molecule has 0 amide bonds. The molecule has 29 heavy (non-hydrogen) atoms. The van der Waals surface area contributed by atoms with Crippen molar-refractivity contribution >= 4 is 33.6 Å². The third-order valence-electron chi connectivity index (χ3n) is 3.89. The van der Waals surface area contributed by atoms with Gasteiger partial charge in [0.25, 0.3) is 11.4 Å². The molecular weight excluding hydrogens is 413 g/mol. The molecule has 0 aliphatic carbocycles. The second-order valence-corrected chi connectivity index (χ2v) is 6.78. The molecule has 0 spiro atoms. The minimum atomic E-state index is -5.05. The highest BCUT2D eigenvalue weighted by atomic mass is 32.1. The Morgan fingerprint density at radius 1 is 1.07 bits per heavy atom. The van der Waals surface area contributed by atoms with E-state index in [0.717, 1.165) is 22.7 Å². The number of hydrogen-bond acceptors (Lipinski definition) is 7. The normalized spacial score (nSPS) is 11.3. The predicted molar refractivity (Wildman–Crippen MR) is 100 cm³/mol. The van der Waals surface area contributed by atoms with Gasteiger partial charge in [-0.2, -0.15) is 17.5 Å². The van der Waals surface area contributed by atoms with Gasteiger partial charge in [0.15, 0.2) is 0 Å². The molecule has 0 atom stereocenters. The van der Waals surface area contributed by atoms with Crippen molar-refractivity contribution in [1.29, 1.82) is 0 Å². The molecule has 0 bridgehead atoms. The maximum absolute atomic E-state index is 13.5. The quantitative estimate of drug-likeness (QED) is 0.416. The van der Waals surface area contributed by atoms with Crippen molar-refractivity contribution in [2.45, 2.75) is 13.1 Å². The lowest BCUT2D eigenvalue weighted by Gasteiger charge is -2.13. The average Bonchev–Trinajstić information content (AvgIpc) is 3.09. The largest absolute Gasteiger partial charge is 0.418 e. The second kappa shape index (κ2) is 7.47. The summed E-state index contributed by atoms with van der Waals surface area (Å²) in [5, 5.41) is 24.7. The number of alkyl halides is 3. The van der Waals surface area contributed by atoms with Gasteiger partial charge in [-0.15, -0.1) is 0 Å². The topological polar surface area (TPSA) is 111 Å². The molecule has 0 unspecified atom stereocenters. The van der Waals surface area contributed by atoms with Crippen molar-refractivity contribution < 1.29 is 23.0 Å². The molecule has 3 rings (SSSR count). The number of anilines is 2. The minimum Gasteiger partial charge on any atom is -0.340 e. The lowest BCUT2D eigenvalue weighted by atomic mass is 10.1. The number of rotatable bonds is 5. The lowest BCUT2D eigenvalue weighted by molar-refractivity contribution is -0.394. The first kappa shape index (κ1) is 20.2. The van der Waals surface area contributed by atoms with Gasteiger partial charge in [0.05, 0.1) is 27.2 Å². The van der Waals surface area contributed by atoms with Crippen LogP contribution in [0.25, 0.3) is 11.3 Å². The molecule has 12 heteroatoms. The first-order valence-corrected chi connectivity index (χ1v) is 8.68. The molecule has 1 aromatic heterocycles. The molecule has 1 heterocycles. The Bertz CT molecular complexity index is 1110. The van der Waals surface area contributed by atoms with Gasteiger partial charge in [0.1, 0.15) is 10.7 Å². The standard InChI is InChI=1S/C17H11F3N4O4S/c1-9-3-2-4-10(5-9)13-8-15(29-22-13)21-16-12(17(18,19)20)6-11(23(25)26)7-14(16)24(27)28/h2-8,21H,1H3. The fourth-order valence-corrected chi connectivity index (χ4v) is 3.28. The third-order valence-corrected chi connectivity index (χ3v) is 4.59. The molecule has 0 radical (unpaired) electrons. The number of nitrogens with one attached hydrogen (secondary N) is 1. The van der Waals surface area contributed by atoms with Gasteiger partial charge in [-0.1, -0.05) is 23.8 Å². The number of hydrogen-bond donors (Lipinski definition) is 1. The van der Waals surface area contributed by atoms with Crippen molar-refractivity contribution in [1.82, 2.24) is 4.37 Å². The monoisotopic (exact) mass is 424 g/mol. The summed E-state index contributed by atoms with van der Waals surface area (Å²) in [6.07, 6.45) is -5.05. The summed E-state index contributed by atoms with van der Waals surface area (Å²) in [6, 6.07) is 9.45. The molecule has 3 aromatic rings. The average molecular weight is 424 g/mol. The maximum atomic E-state index is 13.5. The number of nitro groups is 2. The van der Waals surface area contributed by atoms with Crippen molar-refractivity contribution in [2.75, 3.05) is 5.32 Å². The first-order valence-electron chi connectivity index (χ1n) is 7.91. The predicted octanol–water partition coefficient (Wildman–Crippen LogP) is 5.70. The number of nitro benzene ring substituents is 2. The van der Waals surface area contributed by atoms with Crippen molar-refractivity contribution in [3.8, 4) is 11.3 Å². The number of aromatic nitrogens is 1. The van der Waals surface area contributed by atoms with E-state index < -0.39 is 38.6 Å².